The van der Waals surface area contributed by atoms with Crippen molar-refractivity contribution in [3.05, 3.63) is 29.3 Å². The number of nitrogens with one attached hydrogen (secondary N) is 1. The Balaban J connectivity index is 1.75. The summed E-state index contributed by atoms with van der Waals surface area (Å²) in [5.41, 5.74) is 2.32. The zero-order valence-electron chi connectivity index (χ0n) is 10.4. The Labute approximate surface area is 107 Å². The Morgan fingerprint density at radius 2 is 2.28 bits per heavy atom. The van der Waals surface area contributed by atoms with Gasteiger partial charge in [-0.3, -0.25) is 4.79 Å². The second-order valence-corrected chi connectivity index (χ2v) is 5.11. The smallest absolute Gasteiger partial charge is 0.240 e. The first-order valence-corrected chi connectivity index (χ1v) is 6.57. The van der Waals surface area contributed by atoms with Gasteiger partial charge in [-0.2, -0.15) is 0 Å². The molecular weight excluding hydrogens is 228 g/mol. The molecule has 2 heterocycles. The summed E-state index contributed by atoms with van der Waals surface area (Å²) < 4.78 is 0. The molecule has 1 saturated heterocycles. The summed E-state index contributed by atoms with van der Waals surface area (Å²) in [5.74, 6) is 0.489. The average Bonchev–Trinajstić information content (AvgIpc) is 2.90. The predicted molar refractivity (Wildman–Crippen MR) is 68.3 cm³/mol. The van der Waals surface area contributed by atoms with Gasteiger partial charge in [0.25, 0.3) is 0 Å². The maximum Gasteiger partial charge on any atom is 0.240 e. The van der Waals surface area contributed by atoms with E-state index in [9.17, 15) is 9.90 Å². The van der Waals surface area contributed by atoms with E-state index in [1.807, 2.05) is 11.0 Å². The Bertz CT molecular complexity index is 467. The number of carbonyl (C=O) groups is 1. The molecule has 2 N–H and O–H groups in total. The van der Waals surface area contributed by atoms with Gasteiger partial charge in [-0.15, -0.1) is 0 Å². The van der Waals surface area contributed by atoms with Crippen LogP contribution in [0.2, 0.25) is 0 Å². The lowest BCUT2D eigenvalue weighted by atomic mass is 9.99. The van der Waals surface area contributed by atoms with Crippen LogP contribution >= 0.6 is 0 Å². The van der Waals surface area contributed by atoms with Crippen molar-refractivity contribution in [3.8, 4) is 5.75 Å². The van der Waals surface area contributed by atoms with E-state index < -0.39 is 0 Å². The number of hydrogen-bond acceptors (Lipinski definition) is 3. The molecule has 2 aliphatic heterocycles. The third-order valence-electron chi connectivity index (χ3n) is 3.87. The molecule has 0 aliphatic carbocycles. The highest BCUT2D eigenvalue weighted by atomic mass is 16.3. The zero-order valence-corrected chi connectivity index (χ0v) is 10.4. The van der Waals surface area contributed by atoms with Crippen LogP contribution in [0.3, 0.4) is 0 Å². The van der Waals surface area contributed by atoms with E-state index in [0.717, 1.165) is 37.9 Å². The summed E-state index contributed by atoms with van der Waals surface area (Å²) in [7, 11) is 0. The Morgan fingerprint density at radius 3 is 3.06 bits per heavy atom. The van der Waals surface area contributed by atoms with Gasteiger partial charge in [0.1, 0.15) is 5.75 Å². The highest BCUT2D eigenvalue weighted by molar-refractivity contribution is 5.82. The van der Waals surface area contributed by atoms with Gasteiger partial charge in [0.05, 0.1) is 6.04 Å². The molecule has 4 heteroatoms. The molecule has 1 aromatic rings. The number of carbonyl (C=O) groups excluding carboxylic acids is 1. The number of aromatic hydroxyl groups is 1. The van der Waals surface area contributed by atoms with E-state index in [4.69, 9.17) is 0 Å². The van der Waals surface area contributed by atoms with Crippen molar-refractivity contribution in [1.29, 1.82) is 0 Å². The maximum absolute atomic E-state index is 12.3. The van der Waals surface area contributed by atoms with Gasteiger partial charge in [-0.1, -0.05) is 6.07 Å². The van der Waals surface area contributed by atoms with E-state index in [2.05, 4.69) is 5.32 Å². The molecule has 3 rings (SSSR count). The first-order valence-electron chi connectivity index (χ1n) is 6.57. The van der Waals surface area contributed by atoms with E-state index in [0.29, 0.717) is 6.54 Å². The highest BCUT2D eigenvalue weighted by Crippen LogP contribution is 2.24. The number of nitrogens with zero attached hydrogens (tertiary/aromatic N) is 1. The Morgan fingerprint density at radius 1 is 1.39 bits per heavy atom. The largest absolute Gasteiger partial charge is 0.508 e. The second-order valence-electron chi connectivity index (χ2n) is 5.11. The molecular formula is C14H18N2O2. The third-order valence-corrected chi connectivity index (χ3v) is 3.87. The van der Waals surface area contributed by atoms with Crippen LogP contribution in [0.5, 0.6) is 5.75 Å². The lowest BCUT2D eigenvalue weighted by Gasteiger charge is -2.31. The summed E-state index contributed by atoms with van der Waals surface area (Å²) in [6, 6.07) is 5.45. The number of fused-ring (bicyclic) bond motifs is 1. The number of rotatable bonds is 1. The average molecular weight is 246 g/mol. The fourth-order valence-corrected chi connectivity index (χ4v) is 2.85. The van der Waals surface area contributed by atoms with Crippen molar-refractivity contribution in [2.75, 3.05) is 13.1 Å². The van der Waals surface area contributed by atoms with Crippen LogP contribution in [-0.4, -0.2) is 35.0 Å². The normalized spacial score (nSPS) is 22.9. The van der Waals surface area contributed by atoms with Gasteiger partial charge >= 0.3 is 0 Å². The molecule has 1 unspecified atom stereocenters. The molecule has 0 aromatic heterocycles. The molecule has 0 spiro atoms. The standard InChI is InChI=1S/C14H18N2O2/c17-12-4-3-10-5-7-16(9-11(10)8-12)14(18)13-2-1-6-15-13/h3-4,8,13,15,17H,1-2,5-7,9H2. The third kappa shape index (κ3) is 2.08. The van der Waals surface area contributed by atoms with Gasteiger partial charge in [0.2, 0.25) is 5.91 Å². The summed E-state index contributed by atoms with van der Waals surface area (Å²) in [6.07, 6.45) is 2.91. The number of phenolic OH excluding ortho intramolecular Hbond substituents is 1. The minimum atomic E-state index is 0.00357. The first-order chi connectivity index (χ1) is 8.74. The lowest BCUT2D eigenvalue weighted by molar-refractivity contribution is -0.134. The fraction of sp³-hybridized carbons (Fsp3) is 0.500. The number of phenols is 1. The molecule has 0 bridgehead atoms. The summed E-state index contributed by atoms with van der Waals surface area (Å²) in [6.45, 7) is 2.36. The van der Waals surface area contributed by atoms with Crippen molar-refractivity contribution in [1.82, 2.24) is 10.2 Å². The van der Waals surface area contributed by atoms with Crippen LogP contribution in [0.15, 0.2) is 18.2 Å². The fourth-order valence-electron chi connectivity index (χ4n) is 2.85. The molecule has 1 aromatic carbocycles. The highest BCUT2D eigenvalue weighted by Gasteiger charge is 2.29. The molecule has 18 heavy (non-hydrogen) atoms. The molecule has 2 aliphatic rings. The second kappa shape index (κ2) is 4.61. The minimum absolute atomic E-state index is 0.00357. The first kappa shape index (κ1) is 11.5. The number of amides is 1. The van der Waals surface area contributed by atoms with Gasteiger partial charge in [0.15, 0.2) is 0 Å². The number of benzene rings is 1. The van der Waals surface area contributed by atoms with Gasteiger partial charge < -0.3 is 15.3 Å². The molecule has 1 fully saturated rings. The van der Waals surface area contributed by atoms with E-state index >= 15 is 0 Å². The van der Waals surface area contributed by atoms with Gasteiger partial charge in [0, 0.05) is 13.1 Å². The molecule has 0 saturated carbocycles. The quantitative estimate of drug-likeness (QED) is 0.778. The van der Waals surface area contributed by atoms with Crippen LogP contribution in [-0.2, 0) is 17.8 Å². The van der Waals surface area contributed by atoms with E-state index in [1.165, 1.54) is 5.56 Å². The van der Waals surface area contributed by atoms with Gasteiger partial charge in [-0.25, -0.2) is 0 Å². The topological polar surface area (TPSA) is 52.6 Å². The van der Waals surface area contributed by atoms with Gasteiger partial charge in [-0.05, 0) is 49.1 Å². The maximum atomic E-state index is 12.3. The van der Waals surface area contributed by atoms with Crippen LogP contribution in [0.25, 0.3) is 0 Å². The summed E-state index contributed by atoms with van der Waals surface area (Å²) in [4.78, 5) is 14.2. The Hall–Kier alpha value is -1.55. The van der Waals surface area contributed by atoms with Crippen molar-refractivity contribution < 1.29 is 9.90 Å². The molecule has 1 amide bonds. The van der Waals surface area contributed by atoms with Crippen molar-refractivity contribution in [2.45, 2.75) is 31.8 Å². The van der Waals surface area contributed by atoms with Crippen molar-refractivity contribution in [2.24, 2.45) is 0 Å². The summed E-state index contributed by atoms with van der Waals surface area (Å²) in [5, 5.41) is 12.8. The van der Waals surface area contributed by atoms with E-state index in [1.54, 1.807) is 12.1 Å². The van der Waals surface area contributed by atoms with Crippen LogP contribution in [0.1, 0.15) is 24.0 Å². The predicted octanol–water partition coefficient (Wildman–Crippen LogP) is 1.03. The summed E-state index contributed by atoms with van der Waals surface area (Å²) >= 11 is 0. The monoisotopic (exact) mass is 246 g/mol. The Kier molecular flexibility index (Phi) is 2.96. The van der Waals surface area contributed by atoms with E-state index in [-0.39, 0.29) is 17.7 Å². The molecule has 96 valence electrons. The lowest BCUT2D eigenvalue weighted by Crippen LogP contribution is -2.45. The van der Waals surface area contributed by atoms with Crippen molar-refractivity contribution >= 4 is 5.91 Å². The van der Waals surface area contributed by atoms with Crippen LogP contribution in [0.4, 0.5) is 0 Å². The zero-order chi connectivity index (χ0) is 12.5. The number of hydrogen-bond donors (Lipinski definition) is 2. The molecule has 0 radical (unpaired) electrons. The molecule has 4 nitrogen and oxygen atoms in total. The van der Waals surface area contributed by atoms with Crippen LogP contribution in [0, 0.1) is 0 Å². The molecule has 1 atom stereocenters. The van der Waals surface area contributed by atoms with Crippen molar-refractivity contribution in [3.63, 3.8) is 0 Å². The SMILES string of the molecule is O=C(C1CCCN1)N1CCc2ccc(O)cc2C1. The van der Waals surface area contributed by atoms with Crippen LogP contribution < -0.4 is 5.32 Å². The minimum Gasteiger partial charge on any atom is -0.508 e.